The number of nitrogens with zero attached hydrogens (tertiary/aromatic N) is 1. The minimum Gasteiger partial charge on any atom is -0.313 e. The summed E-state index contributed by atoms with van der Waals surface area (Å²) in [5.74, 6) is 0.159. The lowest BCUT2D eigenvalue weighted by Crippen LogP contribution is -2.40. The summed E-state index contributed by atoms with van der Waals surface area (Å²) in [6.45, 7) is 2.54. The molecular formula is C11H19F3N2S. The summed E-state index contributed by atoms with van der Waals surface area (Å²) in [5, 5.41) is 3.41. The van der Waals surface area contributed by atoms with Crippen LogP contribution in [-0.4, -0.2) is 47.9 Å². The second kappa shape index (κ2) is 5.80. The van der Waals surface area contributed by atoms with Crippen molar-refractivity contribution in [3.8, 4) is 0 Å². The molecule has 2 aliphatic rings. The van der Waals surface area contributed by atoms with E-state index in [2.05, 4.69) is 10.2 Å². The van der Waals surface area contributed by atoms with Crippen molar-refractivity contribution in [2.24, 2.45) is 0 Å². The zero-order valence-corrected chi connectivity index (χ0v) is 10.6. The maximum absolute atomic E-state index is 12.1. The third-order valence-corrected chi connectivity index (χ3v) is 4.04. The van der Waals surface area contributed by atoms with Gasteiger partial charge in [0, 0.05) is 30.9 Å². The first-order valence-corrected chi connectivity index (χ1v) is 7.21. The van der Waals surface area contributed by atoms with Crippen molar-refractivity contribution in [1.29, 1.82) is 0 Å². The zero-order valence-electron chi connectivity index (χ0n) is 9.80. The van der Waals surface area contributed by atoms with E-state index in [0.717, 1.165) is 32.4 Å². The fourth-order valence-corrected chi connectivity index (χ4v) is 2.89. The molecule has 2 nitrogen and oxygen atoms in total. The molecule has 100 valence electrons. The van der Waals surface area contributed by atoms with E-state index in [1.165, 1.54) is 6.42 Å². The lowest BCUT2D eigenvalue weighted by molar-refractivity contribution is -0.0328. The second-order valence-electron chi connectivity index (χ2n) is 4.81. The first-order valence-electron chi connectivity index (χ1n) is 6.23. The Labute approximate surface area is 104 Å². The Morgan fingerprint density at radius 1 is 1.24 bits per heavy atom. The van der Waals surface area contributed by atoms with E-state index < -0.39 is 5.51 Å². The van der Waals surface area contributed by atoms with Crippen LogP contribution in [0.25, 0.3) is 0 Å². The molecule has 1 heterocycles. The van der Waals surface area contributed by atoms with E-state index in [-0.39, 0.29) is 17.5 Å². The Balaban J connectivity index is 1.69. The quantitative estimate of drug-likeness (QED) is 0.796. The number of nitrogens with one attached hydrogen (secondary N) is 1. The van der Waals surface area contributed by atoms with Crippen LogP contribution in [0.1, 0.15) is 25.7 Å². The van der Waals surface area contributed by atoms with Gasteiger partial charge in [-0.25, -0.2) is 0 Å². The van der Waals surface area contributed by atoms with Crippen molar-refractivity contribution in [2.75, 3.05) is 25.4 Å². The first kappa shape index (κ1) is 13.5. The molecule has 1 atom stereocenters. The van der Waals surface area contributed by atoms with Crippen molar-refractivity contribution < 1.29 is 13.2 Å². The molecule has 1 saturated carbocycles. The maximum Gasteiger partial charge on any atom is 0.441 e. The molecule has 0 aromatic heterocycles. The van der Waals surface area contributed by atoms with Gasteiger partial charge in [-0.1, -0.05) is 0 Å². The minimum atomic E-state index is -4.08. The third kappa shape index (κ3) is 5.06. The van der Waals surface area contributed by atoms with Crippen molar-refractivity contribution in [3.63, 3.8) is 0 Å². The van der Waals surface area contributed by atoms with Gasteiger partial charge < -0.3 is 5.32 Å². The van der Waals surface area contributed by atoms with E-state index in [1.54, 1.807) is 0 Å². The van der Waals surface area contributed by atoms with Crippen LogP contribution in [0, 0.1) is 0 Å². The summed E-state index contributed by atoms with van der Waals surface area (Å²) < 4.78 is 36.2. The Bertz CT molecular complexity index is 237. The number of rotatable bonds is 6. The standard InChI is InChI=1S/C11H19F3N2S/c12-11(13,14)17-7-6-16(10-3-4-10)8-9-2-1-5-15-9/h9-10,15H,1-8H2. The summed E-state index contributed by atoms with van der Waals surface area (Å²) in [5.41, 5.74) is -4.08. The van der Waals surface area contributed by atoms with Gasteiger partial charge in [0.2, 0.25) is 0 Å². The minimum absolute atomic E-state index is 0.103. The monoisotopic (exact) mass is 268 g/mol. The van der Waals surface area contributed by atoms with Crippen LogP contribution >= 0.6 is 11.8 Å². The molecule has 1 saturated heterocycles. The van der Waals surface area contributed by atoms with Gasteiger partial charge in [-0.05, 0) is 44.0 Å². The molecule has 17 heavy (non-hydrogen) atoms. The summed E-state index contributed by atoms with van der Waals surface area (Å²) in [6, 6.07) is 1.04. The number of hydrogen-bond donors (Lipinski definition) is 1. The fraction of sp³-hybridized carbons (Fsp3) is 1.00. The first-order chi connectivity index (χ1) is 8.04. The Hall–Kier alpha value is 0.0600. The smallest absolute Gasteiger partial charge is 0.313 e. The van der Waals surface area contributed by atoms with Crippen LogP contribution in [0.4, 0.5) is 13.2 Å². The molecule has 1 N–H and O–H groups in total. The number of thioether (sulfide) groups is 1. The van der Waals surface area contributed by atoms with Crippen molar-refractivity contribution in [3.05, 3.63) is 0 Å². The van der Waals surface area contributed by atoms with Crippen LogP contribution in [0.3, 0.4) is 0 Å². The van der Waals surface area contributed by atoms with Gasteiger partial charge in [0.15, 0.2) is 0 Å². The predicted molar refractivity (Wildman–Crippen MR) is 64.1 cm³/mol. The lowest BCUT2D eigenvalue weighted by atomic mass is 10.2. The highest BCUT2D eigenvalue weighted by Gasteiger charge is 2.33. The average Bonchev–Trinajstić information content (AvgIpc) is 2.95. The molecule has 2 fully saturated rings. The number of halogens is 3. The largest absolute Gasteiger partial charge is 0.441 e. The van der Waals surface area contributed by atoms with Crippen molar-refractivity contribution in [1.82, 2.24) is 10.2 Å². The SMILES string of the molecule is FC(F)(F)SCCN(CC1CCCN1)C1CC1. The summed E-state index contributed by atoms with van der Waals surface area (Å²) in [7, 11) is 0. The second-order valence-corrected chi connectivity index (χ2v) is 5.97. The highest BCUT2D eigenvalue weighted by Crippen LogP contribution is 2.32. The Morgan fingerprint density at radius 3 is 2.53 bits per heavy atom. The molecule has 2 rings (SSSR count). The summed E-state index contributed by atoms with van der Waals surface area (Å²) in [4.78, 5) is 2.24. The van der Waals surface area contributed by atoms with Gasteiger partial charge in [-0.2, -0.15) is 13.2 Å². The maximum atomic E-state index is 12.1. The van der Waals surface area contributed by atoms with Crippen LogP contribution < -0.4 is 5.32 Å². The van der Waals surface area contributed by atoms with E-state index in [4.69, 9.17) is 0 Å². The normalized spacial score (nSPS) is 25.8. The lowest BCUT2D eigenvalue weighted by Gasteiger charge is -2.25. The van der Waals surface area contributed by atoms with Crippen molar-refractivity contribution >= 4 is 11.8 Å². The van der Waals surface area contributed by atoms with Crippen LogP contribution in [-0.2, 0) is 0 Å². The zero-order chi connectivity index (χ0) is 12.3. The fourth-order valence-electron chi connectivity index (χ4n) is 2.34. The van der Waals surface area contributed by atoms with Gasteiger partial charge in [0.05, 0.1) is 0 Å². The number of alkyl halides is 3. The van der Waals surface area contributed by atoms with Crippen LogP contribution in [0.2, 0.25) is 0 Å². The summed E-state index contributed by atoms with van der Waals surface area (Å²) >= 11 is 0.103. The average molecular weight is 268 g/mol. The van der Waals surface area contributed by atoms with E-state index in [1.807, 2.05) is 0 Å². The highest BCUT2D eigenvalue weighted by atomic mass is 32.2. The van der Waals surface area contributed by atoms with Gasteiger partial charge >= 0.3 is 5.51 Å². The molecule has 0 bridgehead atoms. The molecule has 0 spiro atoms. The van der Waals surface area contributed by atoms with Gasteiger partial charge in [-0.3, -0.25) is 4.90 Å². The third-order valence-electron chi connectivity index (χ3n) is 3.32. The predicted octanol–water partition coefficient (Wildman–Crippen LogP) is 2.46. The molecule has 0 radical (unpaired) electrons. The van der Waals surface area contributed by atoms with Gasteiger partial charge in [0.25, 0.3) is 0 Å². The Morgan fingerprint density at radius 2 is 2.00 bits per heavy atom. The molecular weight excluding hydrogens is 249 g/mol. The molecule has 0 aromatic rings. The molecule has 1 aliphatic carbocycles. The van der Waals surface area contributed by atoms with Gasteiger partial charge in [-0.15, -0.1) is 0 Å². The van der Waals surface area contributed by atoms with E-state index in [0.29, 0.717) is 18.6 Å². The topological polar surface area (TPSA) is 15.3 Å². The van der Waals surface area contributed by atoms with Gasteiger partial charge in [0.1, 0.15) is 0 Å². The summed E-state index contributed by atoms with van der Waals surface area (Å²) in [6.07, 6.45) is 4.67. The van der Waals surface area contributed by atoms with E-state index >= 15 is 0 Å². The molecule has 0 aromatic carbocycles. The van der Waals surface area contributed by atoms with Crippen molar-refractivity contribution in [2.45, 2.75) is 43.3 Å². The molecule has 1 aliphatic heterocycles. The highest BCUT2D eigenvalue weighted by molar-refractivity contribution is 8.00. The molecule has 0 amide bonds. The number of hydrogen-bond acceptors (Lipinski definition) is 3. The molecule has 6 heteroatoms. The van der Waals surface area contributed by atoms with Crippen LogP contribution in [0.15, 0.2) is 0 Å². The Kier molecular flexibility index (Phi) is 4.60. The van der Waals surface area contributed by atoms with Crippen LogP contribution in [0.5, 0.6) is 0 Å². The van der Waals surface area contributed by atoms with E-state index in [9.17, 15) is 13.2 Å². The molecule has 1 unspecified atom stereocenters.